The van der Waals surface area contributed by atoms with Crippen molar-refractivity contribution in [1.82, 2.24) is 9.97 Å². The van der Waals surface area contributed by atoms with Crippen molar-refractivity contribution in [2.24, 2.45) is 0 Å². The van der Waals surface area contributed by atoms with Gasteiger partial charge in [0.05, 0.1) is 62.7 Å². The van der Waals surface area contributed by atoms with Gasteiger partial charge in [-0.2, -0.15) is 0 Å². The van der Waals surface area contributed by atoms with Crippen molar-refractivity contribution >= 4 is 58.0 Å². The number of aromatic nitrogens is 2. The van der Waals surface area contributed by atoms with Gasteiger partial charge in [0, 0.05) is 12.8 Å². The quantitative estimate of drug-likeness (QED) is 0.139. The highest BCUT2D eigenvalue weighted by Crippen LogP contribution is 2.43. The number of ether oxygens (including phenoxy) is 4. The van der Waals surface area contributed by atoms with Crippen molar-refractivity contribution in [1.29, 1.82) is 0 Å². The standard InChI is InChI=1S/C24H28N2O10S2/c1-33-19(29)7-5-13-15(9-21(31)35-3)17(11-27)25-23(13)37-38-24-14(6-8-20(30)34-2)16(10-22(32)36-4)18(12-28)26-24/h11-12,25-26H,5-10H2,1-4H3. The molecule has 0 amide bonds. The Morgan fingerprint density at radius 2 is 0.947 bits per heavy atom. The first-order valence-electron chi connectivity index (χ1n) is 11.2. The number of aldehydes is 2. The monoisotopic (exact) mass is 568 g/mol. The van der Waals surface area contributed by atoms with E-state index >= 15 is 0 Å². The van der Waals surface area contributed by atoms with Crippen LogP contribution in [-0.2, 0) is 63.8 Å². The zero-order valence-corrected chi connectivity index (χ0v) is 22.9. The molecular formula is C24H28N2O10S2. The molecule has 0 saturated carbocycles. The summed E-state index contributed by atoms with van der Waals surface area (Å²) >= 11 is 0. The topological polar surface area (TPSA) is 171 Å². The minimum absolute atomic E-state index is 0.00446. The summed E-state index contributed by atoms with van der Waals surface area (Å²) in [5, 5.41) is 0.992. The van der Waals surface area contributed by atoms with Gasteiger partial charge in [0.25, 0.3) is 0 Å². The highest BCUT2D eigenvalue weighted by Gasteiger charge is 2.25. The molecule has 12 nitrogen and oxygen atoms in total. The minimum Gasteiger partial charge on any atom is -0.469 e. The second-order valence-electron chi connectivity index (χ2n) is 7.71. The van der Waals surface area contributed by atoms with Gasteiger partial charge >= 0.3 is 23.9 Å². The second kappa shape index (κ2) is 15.0. The van der Waals surface area contributed by atoms with Crippen LogP contribution in [0.25, 0.3) is 0 Å². The molecule has 0 fully saturated rings. The van der Waals surface area contributed by atoms with Crippen LogP contribution in [0, 0.1) is 0 Å². The van der Waals surface area contributed by atoms with Gasteiger partial charge in [-0.15, -0.1) is 0 Å². The summed E-state index contributed by atoms with van der Waals surface area (Å²) in [5.41, 5.74) is 2.25. The fourth-order valence-electron chi connectivity index (χ4n) is 3.60. The van der Waals surface area contributed by atoms with E-state index in [-0.39, 0.29) is 49.9 Å². The Hall–Kier alpha value is -3.52. The molecule has 38 heavy (non-hydrogen) atoms. The minimum atomic E-state index is -0.562. The molecular weight excluding hydrogens is 540 g/mol. The smallest absolute Gasteiger partial charge is 0.310 e. The van der Waals surface area contributed by atoms with Crippen molar-refractivity contribution in [3.8, 4) is 0 Å². The molecule has 0 aliphatic rings. The summed E-state index contributed by atoms with van der Waals surface area (Å²) in [6, 6.07) is 0. The lowest BCUT2D eigenvalue weighted by Crippen LogP contribution is -2.09. The third-order valence-electron chi connectivity index (χ3n) is 5.58. The lowest BCUT2D eigenvalue weighted by atomic mass is 10.0. The Balaban J connectivity index is 2.48. The molecule has 2 heterocycles. The lowest BCUT2D eigenvalue weighted by Gasteiger charge is -2.08. The number of H-pyrrole nitrogens is 2. The van der Waals surface area contributed by atoms with E-state index in [2.05, 4.69) is 9.97 Å². The predicted octanol–water partition coefficient (Wildman–Crippen LogP) is 2.41. The van der Waals surface area contributed by atoms with Gasteiger partial charge in [-0.25, -0.2) is 0 Å². The molecule has 2 aromatic rings. The normalized spacial score (nSPS) is 10.5. The van der Waals surface area contributed by atoms with Crippen molar-refractivity contribution < 1.29 is 47.7 Å². The summed E-state index contributed by atoms with van der Waals surface area (Å²) in [6.45, 7) is 0. The number of carbonyl (C=O) groups excluding carboxylic acids is 6. The van der Waals surface area contributed by atoms with E-state index in [9.17, 15) is 28.8 Å². The molecule has 0 aromatic carbocycles. The molecule has 0 aliphatic heterocycles. The van der Waals surface area contributed by atoms with E-state index in [0.29, 0.717) is 44.9 Å². The third-order valence-corrected chi connectivity index (χ3v) is 7.94. The Labute approximate surface area is 226 Å². The maximum Gasteiger partial charge on any atom is 0.310 e. The summed E-state index contributed by atoms with van der Waals surface area (Å²) in [5.74, 6) is -2.06. The van der Waals surface area contributed by atoms with Gasteiger partial charge in [0.1, 0.15) is 0 Å². The molecule has 0 saturated heterocycles. The van der Waals surface area contributed by atoms with Crippen LogP contribution in [0.1, 0.15) is 56.1 Å². The van der Waals surface area contributed by atoms with Gasteiger partial charge < -0.3 is 28.9 Å². The molecule has 0 spiro atoms. The van der Waals surface area contributed by atoms with Gasteiger partial charge in [-0.3, -0.25) is 28.8 Å². The van der Waals surface area contributed by atoms with Gasteiger partial charge in [-0.1, -0.05) is 0 Å². The fourth-order valence-corrected chi connectivity index (χ4v) is 6.07. The van der Waals surface area contributed by atoms with Crippen LogP contribution >= 0.6 is 21.6 Å². The Morgan fingerprint density at radius 3 is 1.24 bits per heavy atom. The van der Waals surface area contributed by atoms with Crippen LogP contribution in [0.5, 0.6) is 0 Å². The zero-order valence-electron chi connectivity index (χ0n) is 21.3. The number of hydrogen-bond donors (Lipinski definition) is 2. The second-order valence-corrected chi connectivity index (χ2v) is 9.86. The van der Waals surface area contributed by atoms with Crippen LogP contribution < -0.4 is 0 Å². The summed E-state index contributed by atoms with van der Waals surface area (Å²) in [7, 11) is 7.32. The zero-order chi connectivity index (χ0) is 28.2. The summed E-state index contributed by atoms with van der Waals surface area (Å²) in [6.07, 6.45) is 1.14. The lowest BCUT2D eigenvalue weighted by molar-refractivity contribution is -0.141. The fraction of sp³-hybridized carbons (Fsp3) is 0.417. The average molecular weight is 569 g/mol. The molecule has 0 unspecified atom stereocenters. The number of rotatable bonds is 15. The maximum absolute atomic E-state index is 12.0. The van der Waals surface area contributed by atoms with Crippen LogP contribution in [0.2, 0.25) is 0 Å². The predicted molar refractivity (Wildman–Crippen MR) is 136 cm³/mol. The van der Waals surface area contributed by atoms with E-state index in [1.165, 1.54) is 50.0 Å². The Bertz CT molecular complexity index is 1110. The largest absolute Gasteiger partial charge is 0.469 e. The van der Waals surface area contributed by atoms with Crippen LogP contribution in [-0.4, -0.2) is 74.9 Å². The molecule has 206 valence electrons. The third kappa shape index (κ3) is 7.99. The number of nitrogens with one attached hydrogen (secondary N) is 2. The number of aromatic amines is 2. The molecule has 0 atom stereocenters. The maximum atomic E-state index is 12.0. The number of hydrogen-bond acceptors (Lipinski definition) is 12. The highest BCUT2D eigenvalue weighted by molar-refractivity contribution is 8.76. The van der Waals surface area contributed by atoms with Crippen molar-refractivity contribution in [3.05, 3.63) is 33.6 Å². The van der Waals surface area contributed by atoms with Crippen LogP contribution in [0.15, 0.2) is 10.1 Å². The van der Waals surface area contributed by atoms with E-state index < -0.39 is 23.9 Å². The summed E-state index contributed by atoms with van der Waals surface area (Å²) < 4.78 is 18.9. The molecule has 0 bridgehead atoms. The van der Waals surface area contributed by atoms with E-state index in [1.807, 2.05) is 0 Å². The Morgan fingerprint density at radius 1 is 0.605 bits per heavy atom. The van der Waals surface area contributed by atoms with Crippen LogP contribution in [0.4, 0.5) is 0 Å². The molecule has 14 heteroatoms. The Kier molecular flexibility index (Phi) is 12.1. The van der Waals surface area contributed by atoms with Crippen LogP contribution in [0.3, 0.4) is 0 Å². The van der Waals surface area contributed by atoms with Crippen molar-refractivity contribution in [2.45, 2.75) is 48.6 Å². The van der Waals surface area contributed by atoms with Gasteiger partial charge in [-0.05, 0) is 56.7 Å². The first kappa shape index (κ1) is 30.7. The summed E-state index contributed by atoms with van der Waals surface area (Å²) in [4.78, 5) is 77.1. The number of carbonyl (C=O) groups is 6. The van der Waals surface area contributed by atoms with Crippen molar-refractivity contribution in [2.75, 3.05) is 28.4 Å². The molecule has 0 radical (unpaired) electrons. The molecule has 0 aliphatic carbocycles. The van der Waals surface area contributed by atoms with Gasteiger partial charge in [0.15, 0.2) is 12.6 Å². The molecule has 2 aromatic heterocycles. The average Bonchev–Trinajstić information content (AvgIpc) is 3.44. The van der Waals surface area contributed by atoms with E-state index in [4.69, 9.17) is 18.9 Å². The van der Waals surface area contributed by atoms with Crippen molar-refractivity contribution in [3.63, 3.8) is 0 Å². The van der Waals surface area contributed by atoms with E-state index in [0.717, 1.165) is 0 Å². The van der Waals surface area contributed by atoms with E-state index in [1.54, 1.807) is 0 Å². The van der Waals surface area contributed by atoms with Gasteiger partial charge in [0.2, 0.25) is 0 Å². The number of esters is 4. The SMILES string of the molecule is COC(=O)CCc1c(SSc2[nH]c(C=O)c(CC(=O)OC)c2CCC(=O)OC)[nH]c(C=O)c1CC(=O)OC. The first-order valence-corrected chi connectivity index (χ1v) is 13.4. The number of methoxy groups -OCH3 is 4. The molecule has 2 N–H and O–H groups in total. The first-order chi connectivity index (χ1) is 18.2. The highest BCUT2D eigenvalue weighted by atomic mass is 33.1. The molecule has 2 rings (SSSR count).